The zero-order valence-corrected chi connectivity index (χ0v) is 31.2. The number of ether oxygens (including phenoxy) is 3. The van der Waals surface area contributed by atoms with Crippen LogP contribution < -0.4 is 20.3 Å². The minimum atomic E-state index is -1.58. The summed E-state index contributed by atoms with van der Waals surface area (Å²) in [5.41, 5.74) is -4.15. The van der Waals surface area contributed by atoms with Crippen LogP contribution in [-0.2, 0) is 14.3 Å². The first-order valence-corrected chi connectivity index (χ1v) is 16.5. The van der Waals surface area contributed by atoms with Crippen LogP contribution in [0.5, 0.6) is 5.75 Å². The van der Waals surface area contributed by atoms with Crippen molar-refractivity contribution in [2.75, 3.05) is 22.6 Å². The van der Waals surface area contributed by atoms with Crippen molar-refractivity contribution in [1.29, 1.82) is 0 Å². The van der Waals surface area contributed by atoms with E-state index in [1.807, 2.05) is 0 Å². The first-order chi connectivity index (χ1) is 23.5. The van der Waals surface area contributed by atoms with Gasteiger partial charge in [-0.05, 0) is 83.5 Å². The average molecular weight is 793 g/mol. The number of halogens is 7. The van der Waals surface area contributed by atoms with Crippen LogP contribution in [0.25, 0.3) is 0 Å². The second kappa shape index (κ2) is 14.6. The van der Waals surface area contributed by atoms with Crippen molar-refractivity contribution in [3.63, 3.8) is 0 Å². The first kappa shape index (κ1) is 39.9. The van der Waals surface area contributed by atoms with E-state index in [9.17, 15) is 23.6 Å². The molecule has 274 valence electrons. The van der Waals surface area contributed by atoms with Gasteiger partial charge in [-0.25, -0.2) is 22.8 Å². The topological polar surface area (TPSA) is 123 Å². The molecule has 0 unspecified atom stereocenters. The van der Waals surface area contributed by atoms with E-state index in [-0.39, 0.29) is 31.9 Å². The number of nitrogens with one attached hydrogen (secondary N) is 2. The number of benzene rings is 3. The van der Waals surface area contributed by atoms with E-state index >= 15 is 8.78 Å². The third-order valence-corrected chi connectivity index (χ3v) is 8.60. The summed E-state index contributed by atoms with van der Waals surface area (Å²) in [5, 5.41) is 4.48. The summed E-state index contributed by atoms with van der Waals surface area (Å²) < 4.78 is 59.2. The molecule has 0 spiro atoms. The zero-order chi connectivity index (χ0) is 38.4. The molecule has 1 fully saturated rings. The highest BCUT2D eigenvalue weighted by Crippen LogP contribution is 2.65. The molecule has 0 radical (unpaired) electrons. The fourth-order valence-corrected chi connectivity index (χ4v) is 6.25. The highest BCUT2D eigenvalue weighted by molar-refractivity contribution is 6.53. The number of rotatable bonds is 7. The molecule has 4 rings (SSSR count). The number of anilines is 3. The van der Waals surface area contributed by atoms with Crippen LogP contribution in [-0.4, -0.2) is 46.6 Å². The van der Waals surface area contributed by atoms with Crippen molar-refractivity contribution in [1.82, 2.24) is 0 Å². The van der Waals surface area contributed by atoms with E-state index in [0.717, 1.165) is 18.2 Å². The van der Waals surface area contributed by atoms with Gasteiger partial charge in [-0.1, -0.05) is 29.3 Å². The van der Waals surface area contributed by atoms with E-state index in [1.54, 1.807) is 0 Å². The normalized spacial score (nSPS) is 16.5. The molecule has 2 atom stereocenters. The number of imide groups is 1. The second-order valence-corrected chi connectivity index (χ2v) is 15.6. The molecular weight excluding hydrogens is 761 g/mol. The summed E-state index contributed by atoms with van der Waals surface area (Å²) in [4.78, 5) is 53.1. The van der Waals surface area contributed by atoms with Crippen LogP contribution in [0.15, 0.2) is 42.5 Å². The lowest BCUT2D eigenvalue weighted by molar-refractivity contribution is -0.117. The molecule has 1 saturated carbocycles. The molecule has 1 aliphatic carbocycles. The van der Waals surface area contributed by atoms with E-state index in [1.165, 1.54) is 66.9 Å². The number of carbonyl (C=O) groups excluding carboxylic acids is 4. The summed E-state index contributed by atoms with van der Waals surface area (Å²) in [6.07, 6.45) is -2.90. The zero-order valence-electron chi connectivity index (χ0n) is 28.1. The van der Waals surface area contributed by atoms with Gasteiger partial charge in [-0.15, -0.1) is 23.2 Å². The molecule has 3 aromatic rings. The van der Waals surface area contributed by atoms with E-state index < -0.39 is 80.2 Å². The van der Waals surface area contributed by atoms with Gasteiger partial charge in [0.1, 0.15) is 32.8 Å². The fraction of sp³-hybridized carbons (Fsp3) is 0.353. The first-order valence-electron chi connectivity index (χ1n) is 15.0. The maximum absolute atomic E-state index is 16.1. The van der Waals surface area contributed by atoms with Crippen molar-refractivity contribution >= 4 is 87.5 Å². The molecule has 17 heteroatoms. The van der Waals surface area contributed by atoms with Crippen LogP contribution in [0, 0.1) is 23.4 Å². The Morgan fingerprint density at radius 2 is 1.37 bits per heavy atom. The summed E-state index contributed by atoms with van der Waals surface area (Å²) >= 11 is 25.1. The molecule has 2 N–H and O–H groups in total. The monoisotopic (exact) mass is 791 g/mol. The van der Waals surface area contributed by atoms with Crippen LogP contribution in [0.3, 0.4) is 0 Å². The Labute approximate surface area is 311 Å². The fourth-order valence-electron chi connectivity index (χ4n) is 4.94. The predicted octanol–water partition coefficient (Wildman–Crippen LogP) is 9.87. The van der Waals surface area contributed by atoms with E-state index in [2.05, 4.69) is 10.6 Å². The van der Waals surface area contributed by atoms with Gasteiger partial charge in [-0.3, -0.25) is 9.59 Å². The summed E-state index contributed by atoms with van der Waals surface area (Å²) in [6.45, 7) is 8.85. The second-order valence-electron chi connectivity index (χ2n) is 13.3. The standard InChI is InChI=1S/C34H32Cl4F3N3O7/c1-32(2,3)50-30(47)44(31(48)51-33(4,5)6)26-21(40)10-11-22(25(26)41)43-28(45)17-13-16(14-19(36)27(17)49-7)42-29(46)24-23(34(24,37)38)15-8-9-20(39)18(35)12-15/h8-14,23-24H,1-7H3,(H,42,46)(H,43,45)/t23-,24+/m0/s1. The minimum absolute atomic E-state index is 0.0239. The highest BCUT2D eigenvalue weighted by atomic mass is 35.5. The Kier molecular flexibility index (Phi) is 11.4. The molecule has 4 amide bonds. The number of amides is 4. The molecule has 10 nitrogen and oxygen atoms in total. The van der Waals surface area contributed by atoms with Crippen molar-refractivity contribution < 1.29 is 46.6 Å². The molecule has 51 heavy (non-hydrogen) atoms. The third-order valence-electron chi connectivity index (χ3n) is 7.09. The lowest BCUT2D eigenvalue weighted by Crippen LogP contribution is -2.44. The Balaban J connectivity index is 1.66. The maximum Gasteiger partial charge on any atom is 0.424 e. The number of hydrogen-bond donors (Lipinski definition) is 2. The average Bonchev–Trinajstić information content (AvgIpc) is 3.57. The highest BCUT2D eigenvalue weighted by Gasteiger charge is 2.67. The smallest absolute Gasteiger partial charge is 0.424 e. The van der Waals surface area contributed by atoms with Gasteiger partial charge >= 0.3 is 12.2 Å². The van der Waals surface area contributed by atoms with Gasteiger partial charge in [0.05, 0.1) is 34.3 Å². The van der Waals surface area contributed by atoms with Gasteiger partial charge < -0.3 is 24.8 Å². The maximum atomic E-state index is 16.1. The Bertz CT molecular complexity index is 1890. The lowest BCUT2D eigenvalue weighted by Gasteiger charge is -2.29. The number of nitrogens with zero attached hydrogens (tertiary/aromatic N) is 1. The molecule has 0 saturated heterocycles. The van der Waals surface area contributed by atoms with Gasteiger partial charge in [0, 0.05) is 11.6 Å². The van der Waals surface area contributed by atoms with Crippen molar-refractivity contribution in [2.24, 2.45) is 5.92 Å². The van der Waals surface area contributed by atoms with Crippen LogP contribution >= 0.6 is 46.4 Å². The van der Waals surface area contributed by atoms with Crippen molar-refractivity contribution in [3.8, 4) is 5.75 Å². The van der Waals surface area contributed by atoms with Gasteiger partial charge in [-0.2, -0.15) is 4.90 Å². The van der Waals surface area contributed by atoms with Crippen LogP contribution in [0.1, 0.15) is 63.4 Å². The molecule has 3 aromatic carbocycles. The van der Waals surface area contributed by atoms with Crippen molar-refractivity contribution in [2.45, 2.75) is 63.0 Å². The van der Waals surface area contributed by atoms with E-state index in [4.69, 9.17) is 60.6 Å². The molecule has 0 aliphatic heterocycles. The Morgan fingerprint density at radius 1 is 0.804 bits per heavy atom. The summed E-state index contributed by atoms with van der Waals surface area (Å²) in [6, 6.07) is 7.80. The molecular formula is C34H32Cl4F3N3O7. The minimum Gasteiger partial charge on any atom is -0.494 e. The number of alkyl halides is 2. The van der Waals surface area contributed by atoms with Gasteiger partial charge in [0.2, 0.25) is 5.91 Å². The Morgan fingerprint density at radius 3 is 1.90 bits per heavy atom. The Hall–Kier alpha value is -3.91. The van der Waals surface area contributed by atoms with E-state index in [0.29, 0.717) is 11.6 Å². The third kappa shape index (κ3) is 8.94. The summed E-state index contributed by atoms with van der Waals surface area (Å²) in [5.74, 6) is -7.27. The molecule has 0 heterocycles. The predicted molar refractivity (Wildman–Crippen MR) is 188 cm³/mol. The molecule has 0 bridgehead atoms. The number of methoxy groups -OCH3 is 1. The quantitative estimate of drug-likeness (QED) is 0.228. The van der Waals surface area contributed by atoms with Gasteiger partial charge in [0.15, 0.2) is 11.6 Å². The largest absolute Gasteiger partial charge is 0.494 e. The van der Waals surface area contributed by atoms with Crippen LogP contribution in [0.4, 0.5) is 39.8 Å². The van der Waals surface area contributed by atoms with Crippen molar-refractivity contribution in [3.05, 3.63) is 81.1 Å². The number of carbonyl (C=O) groups is 4. The van der Waals surface area contributed by atoms with Gasteiger partial charge in [0.25, 0.3) is 5.91 Å². The molecule has 1 aliphatic rings. The van der Waals surface area contributed by atoms with Crippen LogP contribution in [0.2, 0.25) is 10.0 Å². The SMILES string of the molecule is COc1c(Cl)cc(NC(=O)[C@H]2[C@H](c3ccc(F)c(Cl)c3)C2(Cl)Cl)cc1C(=O)Nc1ccc(F)c(N(C(=O)OC(C)(C)C)C(=O)OC(C)(C)C)c1F. The summed E-state index contributed by atoms with van der Waals surface area (Å²) in [7, 11) is 1.20. The number of hydrogen-bond acceptors (Lipinski definition) is 7. The lowest BCUT2D eigenvalue weighted by atomic mass is 10.1. The molecule has 0 aromatic heterocycles.